The van der Waals surface area contributed by atoms with Crippen LogP contribution in [-0.2, 0) is 17.9 Å². The maximum atomic E-state index is 13.7. The molecule has 2 aliphatic rings. The van der Waals surface area contributed by atoms with Crippen molar-refractivity contribution in [3.8, 4) is 0 Å². The summed E-state index contributed by atoms with van der Waals surface area (Å²) in [7, 11) is 0. The zero-order chi connectivity index (χ0) is 20.4. The average molecular weight is 397 g/mol. The third-order valence-electron chi connectivity index (χ3n) is 5.30. The number of rotatable bonds is 5. The highest BCUT2D eigenvalue weighted by Crippen LogP contribution is 2.36. The Hall–Kier alpha value is -3.13. The predicted octanol–water partition coefficient (Wildman–Crippen LogP) is 1.66. The zero-order valence-electron chi connectivity index (χ0n) is 16.1. The van der Waals surface area contributed by atoms with E-state index < -0.39 is 5.91 Å². The molecule has 29 heavy (non-hydrogen) atoms. The number of halogens is 1. The molecular formula is C21H24FN5O2. The molecule has 3 amide bonds. The predicted molar refractivity (Wildman–Crippen MR) is 109 cm³/mol. The van der Waals surface area contributed by atoms with Gasteiger partial charge in [0.05, 0.1) is 18.8 Å². The summed E-state index contributed by atoms with van der Waals surface area (Å²) in [4.78, 5) is 30.0. The molecule has 0 radical (unpaired) electrons. The first kappa shape index (κ1) is 19.2. The molecular weight excluding hydrogens is 373 g/mol. The summed E-state index contributed by atoms with van der Waals surface area (Å²) in [6, 6.07) is 11.8. The van der Waals surface area contributed by atoms with Gasteiger partial charge in [-0.3, -0.25) is 9.69 Å². The Balaban J connectivity index is 1.74. The fourth-order valence-electron chi connectivity index (χ4n) is 3.99. The molecule has 152 valence electrons. The van der Waals surface area contributed by atoms with E-state index in [2.05, 4.69) is 10.2 Å². The van der Waals surface area contributed by atoms with Gasteiger partial charge in [-0.15, -0.1) is 0 Å². The van der Waals surface area contributed by atoms with E-state index >= 15 is 0 Å². The van der Waals surface area contributed by atoms with Crippen molar-refractivity contribution in [3.05, 3.63) is 59.4 Å². The van der Waals surface area contributed by atoms with Crippen molar-refractivity contribution in [1.82, 2.24) is 10.2 Å². The number of nitrogens with one attached hydrogen (secondary N) is 1. The number of carbonyl (C=O) groups excluding carboxylic acids is 2. The quantitative estimate of drug-likeness (QED) is 0.804. The Morgan fingerprint density at radius 2 is 1.83 bits per heavy atom. The molecule has 0 spiro atoms. The van der Waals surface area contributed by atoms with Crippen molar-refractivity contribution in [3.63, 3.8) is 0 Å². The number of piperazine rings is 1. The van der Waals surface area contributed by atoms with Crippen LogP contribution in [0.2, 0.25) is 0 Å². The monoisotopic (exact) mass is 397 g/mol. The first-order chi connectivity index (χ1) is 14.0. The van der Waals surface area contributed by atoms with Gasteiger partial charge in [-0.2, -0.15) is 0 Å². The maximum Gasteiger partial charge on any atom is 0.325 e. The number of urea groups is 1. The molecule has 8 heteroatoms. The summed E-state index contributed by atoms with van der Waals surface area (Å²) in [6.45, 7) is 3.88. The van der Waals surface area contributed by atoms with Crippen molar-refractivity contribution < 1.29 is 14.0 Å². The van der Waals surface area contributed by atoms with Gasteiger partial charge in [0.25, 0.3) is 0 Å². The van der Waals surface area contributed by atoms with Gasteiger partial charge in [-0.25, -0.2) is 9.18 Å². The van der Waals surface area contributed by atoms with Gasteiger partial charge in [-0.05, 0) is 29.8 Å². The molecule has 4 rings (SSSR count). The number of hydrogen-bond donors (Lipinski definition) is 2. The van der Waals surface area contributed by atoms with Crippen LogP contribution in [0.4, 0.5) is 20.6 Å². The van der Waals surface area contributed by atoms with E-state index in [1.54, 1.807) is 17.0 Å². The molecule has 2 aromatic carbocycles. The molecule has 3 N–H and O–H groups in total. The number of primary amides is 1. The zero-order valence-corrected chi connectivity index (χ0v) is 16.1. The number of carbonyl (C=O) groups is 2. The number of nitrogens with zero attached hydrogens (tertiary/aromatic N) is 3. The lowest BCUT2D eigenvalue weighted by Gasteiger charge is -2.40. The van der Waals surface area contributed by atoms with E-state index in [0.29, 0.717) is 12.1 Å². The standard InChI is InChI=1S/C21H24FN5O2/c22-16-4-1-3-15(11-16)12-27-19-6-2-5-18(25-9-7-24-8-10-25)17(19)13-26(21(27)29)14-20(23)28/h1-6,11,24H,7-10,12-14H2,(H2,23,28). The van der Waals surface area contributed by atoms with E-state index in [4.69, 9.17) is 5.73 Å². The van der Waals surface area contributed by atoms with Crippen molar-refractivity contribution in [2.75, 3.05) is 42.5 Å². The molecule has 2 aromatic rings. The topological polar surface area (TPSA) is 81.9 Å². The van der Waals surface area contributed by atoms with Crippen LogP contribution in [0.15, 0.2) is 42.5 Å². The maximum absolute atomic E-state index is 13.7. The van der Waals surface area contributed by atoms with Gasteiger partial charge in [0.1, 0.15) is 12.4 Å². The van der Waals surface area contributed by atoms with Crippen LogP contribution in [0.5, 0.6) is 0 Å². The molecule has 1 fully saturated rings. The lowest BCUT2D eigenvalue weighted by Crippen LogP contribution is -2.50. The van der Waals surface area contributed by atoms with Crippen molar-refractivity contribution in [2.45, 2.75) is 13.1 Å². The Labute approximate surface area is 168 Å². The average Bonchev–Trinajstić information content (AvgIpc) is 2.71. The van der Waals surface area contributed by atoms with Gasteiger partial charge in [0, 0.05) is 37.4 Å². The molecule has 0 bridgehead atoms. The fraction of sp³-hybridized carbons (Fsp3) is 0.333. The number of anilines is 2. The summed E-state index contributed by atoms with van der Waals surface area (Å²) in [5.74, 6) is -0.914. The van der Waals surface area contributed by atoms with Crippen molar-refractivity contribution in [1.29, 1.82) is 0 Å². The first-order valence-electron chi connectivity index (χ1n) is 9.69. The number of fused-ring (bicyclic) bond motifs is 1. The molecule has 0 saturated carbocycles. The summed E-state index contributed by atoms with van der Waals surface area (Å²) < 4.78 is 13.7. The molecule has 0 atom stereocenters. The van der Waals surface area contributed by atoms with E-state index in [1.165, 1.54) is 17.0 Å². The molecule has 0 aliphatic carbocycles. The minimum Gasteiger partial charge on any atom is -0.369 e. The summed E-state index contributed by atoms with van der Waals surface area (Å²) in [6.07, 6.45) is 0. The Morgan fingerprint density at radius 3 is 2.55 bits per heavy atom. The molecule has 0 aromatic heterocycles. The van der Waals surface area contributed by atoms with E-state index in [-0.39, 0.29) is 24.9 Å². The first-order valence-corrected chi connectivity index (χ1v) is 9.69. The second-order valence-corrected chi connectivity index (χ2v) is 7.33. The normalized spacial score (nSPS) is 16.7. The fourth-order valence-corrected chi connectivity index (χ4v) is 3.99. The Morgan fingerprint density at radius 1 is 1.10 bits per heavy atom. The van der Waals surface area contributed by atoms with E-state index in [0.717, 1.165) is 43.1 Å². The molecule has 7 nitrogen and oxygen atoms in total. The third kappa shape index (κ3) is 4.02. The van der Waals surface area contributed by atoms with Gasteiger partial charge in [0.2, 0.25) is 5.91 Å². The van der Waals surface area contributed by atoms with E-state index in [9.17, 15) is 14.0 Å². The summed E-state index contributed by atoms with van der Waals surface area (Å²) in [5.41, 5.74) is 8.88. The molecule has 0 unspecified atom stereocenters. The summed E-state index contributed by atoms with van der Waals surface area (Å²) in [5, 5.41) is 3.34. The minimum atomic E-state index is -0.563. The number of hydrogen-bond acceptors (Lipinski definition) is 4. The van der Waals surface area contributed by atoms with Crippen molar-refractivity contribution in [2.24, 2.45) is 5.73 Å². The smallest absolute Gasteiger partial charge is 0.325 e. The van der Waals surface area contributed by atoms with E-state index in [1.807, 2.05) is 18.2 Å². The van der Waals surface area contributed by atoms with Crippen LogP contribution >= 0.6 is 0 Å². The second-order valence-electron chi connectivity index (χ2n) is 7.33. The Kier molecular flexibility index (Phi) is 5.35. The molecule has 1 saturated heterocycles. The minimum absolute atomic E-state index is 0.159. The Bertz CT molecular complexity index is 929. The number of nitrogens with two attached hydrogens (primary N) is 1. The van der Waals surface area contributed by atoms with Crippen LogP contribution in [0.1, 0.15) is 11.1 Å². The highest BCUT2D eigenvalue weighted by molar-refractivity contribution is 5.98. The van der Waals surface area contributed by atoms with Crippen molar-refractivity contribution >= 4 is 23.3 Å². The van der Waals surface area contributed by atoms with Gasteiger partial charge < -0.3 is 20.9 Å². The van der Waals surface area contributed by atoms with Gasteiger partial charge >= 0.3 is 6.03 Å². The second kappa shape index (κ2) is 8.08. The van der Waals surface area contributed by atoms with Gasteiger partial charge in [-0.1, -0.05) is 18.2 Å². The van der Waals surface area contributed by atoms with Crippen LogP contribution in [0.3, 0.4) is 0 Å². The highest BCUT2D eigenvalue weighted by Gasteiger charge is 2.33. The largest absolute Gasteiger partial charge is 0.369 e. The van der Waals surface area contributed by atoms with Gasteiger partial charge in [0.15, 0.2) is 0 Å². The van der Waals surface area contributed by atoms with Crippen LogP contribution in [0.25, 0.3) is 0 Å². The van der Waals surface area contributed by atoms with Crippen LogP contribution in [-0.4, -0.2) is 49.6 Å². The van der Waals surface area contributed by atoms with Crippen LogP contribution in [0, 0.1) is 5.82 Å². The third-order valence-corrected chi connectivity index (χ3v) is 5.30. The number of amides is 3. The molecule has 2 aliphatic heterocycles. The number of benzene rings is 2. The SMILES string of the molecule is NC(=O)CN1Cc2c(N3CCNCC3)cccc2N(Cc2cccc(F)c2)C1=O. The summed E-state index contributed by atoms with van der Waals surface area (Å²) >= 11 is 0. The lowest BCUT2D eigenvalue weighted by atomic mass is 10.0. The lowest BCUT2D eigenvalue weighted by molar-refractivity contribution is -0.118. The van der Waals surface area contributed by atoms with Crippen LogP contribution < -0.4 is 20.9 Å². The molecule has 2 heterocycles. The highest BCUT2D eigenvalue weighted by atomic mass is 19.1.